The largest absolute Gasteiger partial charge is 0.478 e. The van der Waals surface area contributed by atoms with Crippen molar-refractivity contribution in [3.8, 4) is 0 Å². The average Bonchev–Trinajstić information content (AvgIpc) is 2.91. The summed E-state index contributed by atoms with van der Waals surface area (Å²) in [5.41, 5.74) is 1.47. The van der Waals surface area contributed by atoms with Gasteiger partial charge in [0.1, 0.15) is 5.00 Å². The van der Waals surface area contributed by atoms with E-state index in [9.17, 15) is 14.7 Å². The van der Waals surface area contributed by atoms with E-state index in [0.717, 1.165) is 30.1 Å². The van der Waals surface area contributed by atoms with Crippen molar-refractivity contribution in [3.05, 3.63) is 50.9 Å². The van der Waals surface area contributed by atoms with Crippen LogP contribution in [-0.2, 0) is 13.0 Å². The van der Waals surface area contributed by atoms with Gasteiger partial charge in [0.05, 0.1) is 5.56 Å². The van der Waals surface area contributed by atoms with E-state index in [4.69, 9.17) is 11.6 Å². The Morgan fingerprint density at radius 1 is 1.42 bits per heavy atom. The Labute approximate surface area is 148 Å². The fourth-order valence-corrected chi connectivity index (χ4v) is 4.31. The summed E-state index contributed by atoms with van der Waals surface area (Å²) in [6, 6.07) is 6.58. The van der Waals surface area contributed by atoms with Gasteiger partial charge in [0, 0.05) is 28.6 Å². The number of carboxylic acid groups (broad SMARTS) is 1. The molecule has 1 aromatic heterocycles. The maximum Gasteiger partial charge on any atom is 0.339 e. The predicted octanol–water partition coefficient (Wildman–Crippen LogP) is 3.73. The lowest BCUT2D eigenvalue weighted by Gasteiger charge is -2.25. The predicted molar refractivity (Wildman–Crippen MR) is 95.3 cm³/mol. The normalized spacial score (nSPS) is 14.2. The quantitative estimate of drug-likeness (QED) is 0.867. The molecule has 2 N–H and O–H groups in total. The van der Waals surface area contributed by atoms with Crippen LogP contribution in [0, 0.1) is 0 Å². The molecule has 1 aromatic carbocycles. The number of thiophene rings is 1. The Bertz CT molecular complexity index is 803. The third-order valence-electron chi connectivity index (χ3n) is 4.11. The number of fused-ring (bicyclic) bond motifs is 1. The number of likely N-dealkylation sites (N-methyl/N-ethyl adjacent to an activating group) is 1. The highest BCUT2D eigenvalue weighted by Crippen LogP contribution is 2.37. The molecule has 7 heteroatoms. The number of carbonyl (C=O) groups is 2. The Kier molecular flexibility index (Phi) is 4.89. The molecule has 5 nitrogen and oxygen atoms in total. The zero-order valence-electron chi connectivity index (χ0n) is 13.1. The second-order valence-electron chi connectivity index (χ2n) is 5.60. The lowest BCUT2D eigenvalue weighted by molar-refractivity contribution is 0.0696. The third-order valence-corrected chi connectivity index (χ3v) is 5.48. The molecule has 0 atom stereocenters. The van der Waals surface area contributed by atoms with E-state index in [-0.39, 0.29) is 11.5 Å². The number of aromatic carboxylic acids is 1. The number of nitrogens with one attached hydrogen (secondary N) is 1. The Morgan fingerprint density at radius 3 is 2.88 bits per heavy atom. The van der Waals surface area contributed by atoms with Crippen LogP contribution >= 0.6 is 22.9 Å². The maximum atomic E-state index is 12.4. The van der Waals surface area contributed by atoms with Crippen LogP contribution in [0.1, 0.15) is 38.1 Å². The standard InChI is InChI=1S/C17H17ClN2O3S/c1-2-20-7-6-12-13(9-20)24-16(14(12)17(22)23)19-15(21)10-4-3-5-11(18)8-10/h3-5,8H,2,6-7,9H2,1H3,(H,19,21)(H,22,23). The second-order valence-corrected chi connectivity index (χ2v) is 7.14. The minimum Gasteiger partial charge on any atom is -0.478 e. The Hall–Kier alpha value is -1.89. The van der Waals surface area contributed by atoms with Gasteiger partial charge < -0.3 is 10.4 Å². The first kappa shape index (κ1) is 17.0. The van der Waals surface area contributed by atoms with E-state index < -0.39 is 5.97 Å². The molecule has 0 saturated heterocycles. The van der Waals surface area contributed by atoms with Gasteiger partial charge in [-0.3, -0.25) is 9.69 Å². The summed E-state index contributed by atoms with van der Waals surface area (Å²) in [6.45, 7) is 4.56. The van der Waals surface area contributed by atoms with Gasteiger partial charge in [-0.25, -0.2) is 4.79 Å². The van der Waals surface area contributed by atoms with Crippen LogP contribution in [0.25, 0.3) is 0 Å². The molecule has 24 heavy (non-hydrogen) atoms. The van der Waals surface area contributed by atoms with Crippen molar-refractivity contribution in [1.82, 2.24) is 4.90 Å². The first-order valence-corrected chi connectivity index (χ1v) is 8.86. The lowest BCUT2D eigenvalue weighted by atomic mass is 10.0. The van der Waals surface area contributed by atoms with Crippen LogP contribution in [0.2, 0.25) is 5.02 Å². The highest BCUT2D eigenvalue weighted by Gasteiger charge is 2.28. The lowest BCUT2D eigenvalue weighted by Crippen LogP contribution is -2.29. The van der Waals surface area contributed by atoms with Gasteiger partial charge >= 0.3 is 5.97 Å². The van der Waals surface area contributed by atoms with Crippen LogP contribution < -0.4 is 5.32 Å². The van der Waals surface area contributed by atoms with E-state index in [1.165, 1.54) is 11.3 Å². The molecule has 0 spiro atoms. The van der Waals surface area contributed by atoms with Crippen LogP contribution in [0.4, 0.5) is 5.00 Å². The molecule has 0 radical (unpaired) electrons. The van der Waals surface area contributed by atoms with E-state index >= 15 is 0 Å². The summed E-state index contributed by atoms with van der Waals surface area (Å²) in [5.74, 6) is -1.36. The Balaban J connectivity index is 1.92. The molecule has 0 saturated carbocycles. The summed E-state index contributed by atoms with van der Waals surface area (Å²) in [6.07, 6.45) is 0.689. The van der Waals surface area contributed by atoms with Crippen LogP contribution in [0.5, 0.6) is 0 Å². The number of hydrogen-bond acceptors (Lipinski definition) is 4. The number of benzene rings is 1. The molecule has 0 bridgehead atoms. The van der Waals surface area contributed by atoms with Gasteiger partial charge in [-0.1, -0.05) is 24.6 Å². The SMILES string of the molecule is CCN1CCc2c(sc(NC(=O)c3cccc(Cl)c3)c2C(=O)O)C1. The number of anilines is 1. The summed E-state index contributed by atoms with van der Waals surface area (Å²) in [4.78, 5) is 27.4. The molecule has 2 aromatic rings. The second kappa shape index (κ2) is 6.93. The summed E-state index contributed by atoms with van der Waals surface area (Å²) in [5, 5.41) is 13.2. The molecular weight excluding hydrogens is 348 g/mol. The zero-order chi connectivity index (χ0) is 17.3. The summed E-state index contributed by atoms with van der Waals surface area (Å²) < 4.78 is 0. The van der Waals surface area contributed by atoms with E-state index in [2.05, 4.69) is 17.1 Å². The monoisotopic (exact) mass is 364 g/mol. The van der Waals surface area contributed by atoms with Crippen molar-refractivity contribution >= 4 is 39.8 Å². The molecule has 1 aliphatic heterocycles. The number of hydrogen-bond donors (Lipinski definition) is 2. The van der Waals surface area contributed by atoms with E-state index in [0.29, 0.717) is 22.0 Å². The smallest absolute Gasteiger partial charge is 0.339 e. The molecule has 126 valence electrons. The van der Waals surface area contributed by atoms with Crippen molar-refractivity contribution in [2.45, 2.75) is 19.9 Å². The third kappa shape index (κ3) is 3.31. The van der Waals surface area contributed by atoms with Gasteiger partial charge in [0.15, 0.2) is 0 Å². The van der Waals surface area contributed by atoms with E-state index in [1.54, 1.807) is 24.3 Å². The van der Waals surface area contributed by atoms with Crippen LogP contribution in [0.15, 0.2) is 24.3 Å². The molecule has 1 aliphatic rings. The maximum absolute atomic E-state index is 12.4. The fourth-order valence-electron chi connectivity index (χ4n) is 2.85. The zero-order valence-corrected chi connectivity index (χ0v) is 14.7. The van der Waals surface area contributed by atoms with Gasteiger partial charge in [0.25, 0.3) is 5.91 Å². The number of amides is 1. The number of carbonyl (C=O) groups excluding carboxylic acids is 1. The number of halogens is 1. The molecule has 0 fully saturated rings. The van der Waals surface area contributed by atoms with Crippen molar-refractivity contribution in [2.75, 3.05) is 18.4 Å². The van der Waals surface area contributed by atoms with Crippen molar-refractivity contribution < 1.29 is 14.7 Å². The van der Waals surface area contributed by atoms with Gasteiger partial charge in [0.2, 0.25) is 0 Å². The Morgan fingerprint density at radius 2 is 2.21 bits per heavy atom. The van der Waals surface area contributed by atoms with Crippen LogP contribution in [0.3, 0.4) is 0 Å². The molecule has 1 amide bonds. The van der Waals surface area contributed by atoms with E-state index in [1.807, 2.05) is 0 Å². The summed E-state index contributed by atoms with van der Waals surface area (Å²) >= 11 is 7.26. The molecule has 2 heterocycles. The average molecular weight is 365 g/mol. The first-order chi connectivity index (χ1) is 11.5. The summed E-state index contributed by atoms with van der Waals surface area (Å²) in [7, 11) is 0. The number of nitrogens with zero attached hydrogens (tertiary/aromatic N) is 1. The van der Waals surface area contributed by atoms with Gasteiger partial charge in [-0.2, -0.15) is 0 Å². The van der Waals surface area contributed by atoms with Gasteiger partial charge in [-0.15, -0.1) is 11.3 Å². The van der Waals surface area contributed by atoms with Crippen molar-refractivity contribution in [1.29, 1.82) is 0 Å². The number of carboxylic acids is 1. The molecule has 3 rings (SSSR count). The van der Waals surface area contributed by atoms with Crippen molar-refractivity contribution in [3.63, 3.8) is 0 Å². The highest BCUT2D eigenvalue weighted by atomic mass is 35.5. The topological polar surface area (TPSA) is 69.6 Å². The minimum atomic E-state index is -1.00. The highest BCUT2D eigenvalue weighted by molar-refractivity contribution is 7.17. The van der Waals surface area contributed by atoms with Crippen molar-refractivity contribution in [2.24, 2.45) is 0 Å². The number of rotatable bonds is 4. The van der Waals surface area contributed by atoms with Crippen LogP contribution in [-0.4, -0.2) is 35.0 Å². The minimum absolute atomic E-state index is 0.223. The molecule has 0 aliphatic carbocycles. The molecular formula is C17H17ClN2O3S. The fraction of sp³-hybridized carbons (Fsp3) is 0.294. The molecule has 0 unspecified atom stereocenters. The first-order valence-electron chi connectivity index (χ1n) is 7.66. The van der Waals surface area contributed by atoms with Gasteiger partial charge in [-0.05, 0) is 36.7 Å².